The summed E-state index contributed by atoms with van der Waals surface area (Å²) in [6.45, 7) is 4.88. The summed E-state index contributed by atoms with van der Waals surface area (Å²) in [5.41, 5.74) is 0. The number of hydrogen-bond donors (Lipinski definition) is 1. The molecule has 15 heavy (non-hydrogen) atoms. The van der Waals surface area contributed by atoms with Crippen LogP contribution in [0.3, 0.4) is 0 Å². The predicted octanol–water partition coefficient (Wildman–Crippen LogP) is 0.726. The molecule has 0 amide bonds. The molecule has 1 aliphatic heterocycles. The summed E-state index contributed by atoms with van der Waals surface area (Å²) in [4.78, 5) is 11.6. The van der Waals surface area contributed by atoms with Gasteiger partial charge in [-0.15, -0.1) is 0 Å². The standard InChI is InChI=1S/C10H19NO3S/c1-8(2)15(13,14)10(12)7-9-3-5-11-6-4-9/h8-9,11H,3-7H2,1-2H3. The number of nitrogens with one attached hydrogen (secondary N) is 1. The van der Waals surface area contributed by atoms with Crippen LogP contribution in [0, 0.1) is 5.92 Å². The van der Waals surface area contributed by atoms with Crippen LogP contribution in [0.2, 0.25) is 0 Å². The van der Waals surface area contributed by atoms with Gasteiger partial charge in [-0.05, 0) is 45.7 Å². The van der Waals surface area contributed by atoms with Gasteiger partial charge in [0.2, 0.25) is 15.0 Å². The van der Waals surface area contributed by atoms with E-state index in [0.29, 0.717) is 0 Å². The van der Waals surface area contributed by atoms with Gasteiger partial charge in [0, 0.05) is 6.42 Å². The molecule has 0 atom stereocenters. The minimum absolute atomic E-state index is 0.197. The summed E-state index contributed by atoms with van der Waals surface area (Å²) in [6.07, 6.45) is 2.00. The highest BCUT2D eigenvalue weighted by Crippen LogP contribution is 2.19. The van der Waals surface area contributed by atoms with Crippen molar-refractivity contribution in [1.82, 2.24) is 5.32 Å². The highest BCUT2D eigenvalue weighted by Gasteiger charge is 2.28. The molecule has 1 heterocycles. The summed E-state index contributed by atoms with van der Waals surface area (Å²) in [5.74, 6) is 0.243. The van der Waals surface area contributed by atoms with E-state index >= 15 is 0 Å². The van der Waals surface area contributed by atoms with Gasteiger partial charge in [-0.25, -0.2) is 8.42 Å². The van der Waals surface area contributed by atoms with Crippen LogP contribution in [0.4, 0.5) is 0 Å². The third-order valence-corrected chi connectivity index (χ3v) is 4.89. The Kier molecular flexibility index (Phi) is 4.28. The minimum atomic E-state index is -3.54. The first-order chi connectivity index (χ1) is 6.94. The van der Waals surface area contributed by atoms with Crippen LogP contribution in [0.1, 0.15) is 33.1 Å². The molecule has 0 spiro atoms. The van der Waals surface area contributed by atoms with E-state index in [2.05, 4.69) is 5.32 Å². The molecule has 0 bridgehead atoms. The lowest BCUT2D eigenvalue weighted by Gasteiger charge is -2.21. The molecule has 1 saturated heterocycles. The maximum atomic E-state index is 11.6. The van der Waals surface area contributed by atoms with E-state index < -0.39 is 20.2 Å². The van der Waals surface area contributed by atoms with E-state index in [1.807, 2.05) is 0 Å². The van der Waals surface area contributed by atoms with Crippen molar-refractivity contribution in [3.8, 4) is 0 Å². The summed E-state index contributed by atoms with van der Waals surface area (Å²) in [7, 11) is -3.54. The largest absolute Gasteiger partial charge is 0.317 e. The maximum absolute atomic E-state index is 11.6. The first kappa shape index (κ1) is 12.6. The Balaban J connectivity index is 2.55. The van der Waals surface area contributed by atoms with E-state index in [-0.39, 0.29) is 12.3 Å². The van der Waals surface area contributed by atoms with E-state index in [9.17, 15) is 13.2 Å². The summed E-state index contributed by atoms with van der Waals surface area (Å²) in [5, 5.41) is 2.02. The van der Waals surface area contributed by atoms with E-state index in [4.69, 9.17) is 0 Å². The maximum Gasteiger partial charge on any atom is 0.246 e. The molecule has 1 fully saturated rings. The molecule has 1 rings (SSSR count). The van der Waals surface area contributed by atoms with Crippen molar-refractivity contribution in [3.05, 3.63) is 0 Å². The summed E-state index contributed by atoms with van der Waals surface area (Å²) in [6, 6.07) is 0. The Morgan fingerprint density at radius 2 is 1.87 bits per heavy atom. The van der Waals surface area contributed by atoms with Gasteiger partial charge in [0.1, 0.15) is 0 Å². The molecule has 88 valence electrons. The van der Waals surface area contributed by atoms with Crippen LogP contribution in [-0.2, 0) is 14.6 Å². The van der Waals surface area contributed by atoms with Crippen molar-refractivity contribution in [2.24, 2.45) is 5.92 Å². The highest BCUT2D eigenvalue weighted by atomic mass is 32.2. The second-order valence-electron chi connectivity index (χ2n) is 4.36. The van der Waals surface area contributed by atoms with Gasteiger partial charge in [0.05, 0.1) is 5.25 Å². The fraction of sp³-hybridized carbons (Fsp3) is 0.900. The van der Waals surface area contributed by atoms with Crippen molar-refractivity contribution in [2.75, 3.05) is 13.1 Å². The smallest absolute Gasteiger partial charge is 0.246 e. The van der Waals surface area contributed by atoms with Gasteiger partial charge >= 0.3 is 0 Å². The third-order valence-electron chi connectivity index (χ3n) is 2.85. The second-order valence-corrected chi connectivity index (χ2v) is 6.85. The topological polar surface area (TPSA) is 63.2 Å². The average Bonchev–Trinajstić information content (AvgIpc) is 2.18. The molecule has 0 unspecified atom stereocenters. The molecule has 1 N–H and O–H groups in total. The quantitative estimate of drug-likeness (QED) is 0.780. The van der Waals surface area contributed by atoms with Gasteiger partial charge in [-0.1, -0.05) is 0 Å². The lowest BCUT2D eigenvalue weighted by atomic mass is 9.95. The normalized spacial score (nSPS) is 19.4. The number of piperidine rings is 1. The van der Waals surface area contributed by atoms with Gasteiger partial charge in [0.25, 0.3) is 0 Å². The number of hydrogen-bond acceptors (Lipinski definition) is 4. The van der Waals surface area contributed by atoms with Crippen LogP contribution >= 0.6 is 0 Å². The number of rotatable bonds is 3. The van der Waals surface area contributed by atoms with E-state index in [0.717, 1.165) is 25.9 Å². The van der Waals surface area contributed by atoms with Crippen LogP contribution in [0.25, 0.3) is 0 Å². The predicted molar refractivity (Wildman–Crippen MR) is 59.3 cm³/mol. The Morgan fingerprint density at radius 3 is 2.33 bits per heavy atom. The van der Waals surface area contributed by atoms with Crippen LogP contribution in [0.5, 0.6) is 0 Å². The lowest BCUT2D eigenvalue weighted by molar-refractivity contribution is -0.112. The fourth-order valence-corrected chi connectivity index (χ4v) is 2.69. The van der Waals surface area contributed by atoms with Crippen molar-refractivity contribution in [1.29, 1.82) is 0 Å². The molecular weight excluding hydrogens is 214 g/mol. The van der Waals surface area contributed by atoms with Crippen molar-refractivity contribution in [3.63, 3.8) is 0 Å². The molecule has 0 aromatic carbocycles. The van der Waals surface area contributed by atoms with Gasteiger partial charge in [-0.2, -0.15) is 0 Å². The van der Waals surface area contributed by atoms with Crippen LogP contribution < -0.4 is 5.32 Å². The Hall–Kier alpha value is -0.420. The summed E-state index contributed by atoms with van der Waals surface area (Å²) < 4.78 is 23.1. The van der Waals surface area contributed by atoms with Crippen molar-refractivity contribution in [2.45, 2.75) is 38.4 Å². The van der Waals surface area contributed by atoms with Crippen LogP contribution in [0.15, 0.2) is 0 Å². The zero-order valence-corrected chi connectivity index (χ0v) is 10.1. The van der Waals surface area contributed by atoms with Gasteiger partial charge in [-0.3, -0.25) is 4.79 Å². The molecule has 4 nitrogen and oxygen atoms in total. The number of carbonyl (C=O) groups is 1. The number of carbonyl (C=O) groups excluding carboxylic acids is 1. The molecule has 0 saturated carbocycles. The van der Waals surface area contributed by atoms with Crippen molar-refractivity contribution >= 4 is 15.0 Å². The minimum Gasteiger partial charge on any atom is -0.317 e. The molecule has 0 aromatic rings. The number of sulfone groups is 1. The van der Waals surface area contributed by atoms with Crippen molar-refractivity contribution < 1.29 is 13.2 Å². The van der Waals surface area contributed by atoms with E-state index in [1.54, 1.807) is 13.8 Å². The SMILES string of the molecule is CC(C)S(=O)(=O)C(=O)CC1CCNCC1. The lowest BCUT2D eigenvalue weighted by Crippen LogP contribution is -2.31. The van der Waals surface area contributed by atoms with Gasteiger partial charge in [0.15, 0.2) is 0 Å². The van der Waals surface area contributed by atoms with E-state index in [1.165, 1.54) is 0 Å². The second kappa shape index (κ2) is 5.07. The molecule has 0 radical (unpaired) electrons. The Labute approximate surface area is 91.4 Å². The molecular formula is C10H19NO3S. The Morgan fingerprint density at radius 1 is 1.33 bits per heavy atom. The monoisotopic (exact) mass is 233 g/mol. The summed E-state index contributed by atoms with van der Waals surface area (Å²) >= 11 is 0. The average molecular weight is 233 g/mol. The first-order valence-corrected chi connectivity index (χ1v) is 6.96. The van der Waals surface area contributed by atoms with Crippen LogP contribution in [-0.4, -0.2) is 31.9 Å². The Bertz CT molecular complexity index is 316. The highest BCUT2D eigenvalue weighted by molar-refractivity contribution is 8.06. The first-order valence-electron chi connectivity index (χ1n) is 5.42. The molecule has 5 heteroatoms. The zero-order valence-electron chi connectivity index (χ0n) is 9.32. The zero-order chi connectivity index (χ0) is 11.5. The molecule has 1 aliphatic rings. The third kappa shape index (κ3) is 3.28. The fourth-order valence-electron chi connectivity index (χ4n) is 1.70. The molecule has 0 aromatic heterocycles. The molecule has 0 aliphatic carbocycles. The van der Waals surface area contributed by atoms with Gasteiger partial charge < -0.3 is 5.32 Å².